The molecule has 0 radical (unpaired) electrons. The molecule has 3 atom stereocenters. The van der Waals surface area contributed by atoms with Gasteiger partial charge in [0.25, 0.3) is 0 Å². The monoisotopic (exact) mass is 409 g/mol. The molecule has 0 spiro atoms. The fourth-order valence-electron chi connectivity index (χ4n) is 3.73. The maximum atomic E-state index is 13.3. The summed E-state index contributed by atoms with van der Waals surface area (Å²) in [6.07, 6.45) is 0.973. The Morgan fingerprint density at radius 2 is 1.79 bits per heavy atom. The Labute approximate surface area is 173 Å². The highest BCUT2D eigenvalue weighted by molar-refractivity contribution is 7.10. The van der Waals surface area contributed by atoms with Crippen molar-refractivity contribution in [1.82, 2.24) is 5.32 Å². The van der Waals surface area contributed by atoms with Crippen molar-refractivity contribution < 1.29 is 19.1 Å². The van der Waals surface area contributed by atoms with Gasteiger partial charge in [0.15, 0.2) is 0 Å². The van der Waals surface area contributed by atoms with Crippen LogP contribution in [0.2, 0.25) is 0 Å². The fourth-order valence-corrected chi connectivity index (χ4v) is 4.57. The number of esters is 2. The van der Waals surface area contributed by atoms with Crippen molar-refractivity contribution >= 4 is 23.3 Å². The second kappa shape index (κ2) is 8.15. The van der Waals surface area contributed by atoms with Gasteiger partial charge >= 0.3 is 11.9 Å². The SMILES string of the molecule is CC(C)C[C@@]1(C(=O)OC(C)(C)C)C[C@H](C(=O)OC(C)(C)C)[C@H](c2cccs2)N1. The average Bonchev–Trinajstić information content (AvgIpc) is 3.10. The van der Waals surface area contributed by atoms with E-state index >= 15 is 0 Å². The van der Waals surface area contributed by atoms with E-state index < -0.39 is 22.7 Å². The summed E-state index contributed by atoms with van der Waals surface area (Å²) in [6.45, 7) is 15.3. The number of nitrogens with one attached hydrogen (secondary N) is 1. The predicted molar refractivity (Wildman–Crippen MR) is 112 cm³/mol. The molecule has 28 heavy (non-hydrogen) atoms. The molecule has 1 aliphatic heterocycles. The summed E-state index contributed by atoms with van der Waals surface area (Å²) in [5.41, 5.74) is -2.07. The number of hydrogen-bond acceptors (Lipinski definition) is 6. The highest BCUT2D eigenvalue weighted by atomic mass is 32.1. The predicted octanol–water partition coefficient (Wildman–Crippen LogP) is 4.87. The lowest BCUT2D eigenvalue weighted by Gasteiger charge is -2.33. The van der Waals surface area contributed by atoms with Crippen molar-refractivity contribution in [2.45, 2.75) is 91.0 Å². The molecule has 0 aliphatic carbocycles. The van der Waals surface area contributed by atoms with Gasteiger partial charge in [-0.2, -0.15) is 0 Å². The largest absolute Gasteiger partial charge is 0.460 e. The molecular weight excluding hydrogens is 374 g/mol. The summed E-state index contributed by atoms with van der Waals surface area (Å²) in [5.74, 6) is -0.737. The van der Waals surface area contributed by atoms with Crippen LogP contribution in [0.15, 0.2) is 17.5 Å². The number of carbonyl (C=O) groups is 2. The van der Waals surface area contributed by atoms with Gasteiger partial charge in [-0.25, -0.2) is 0 Å². The van der Waals surface area contributed by atoms with Gasteiger partial charge in [0.2, 0.25) is 0 Å². The zero-order chi connectivity index (χ0) is 21.3. The van der Waals surface area contributed by atoms with Crippen LogP contribution in [-0.4, -0.2) is 28.7 Å². The van der Waals surface area contributed by atoms with Gasteiger partial charge in [-0.1, -0.05) is 19.9 Å². The zero-order valence-corrected chi connectivity index (χ0v) is 19.2. The van der Waals surface area contributed by atoms with Crippen LogP contribution in [0.25, 0.3) is 0 Å². The zero-order valence-electron chi connectivity index (χ0n) is 18.4. The molecule has 6 heteroatoms. The van der Waals surface area contributed by atoms with E-state index in [-0.39, 0.29) is 23.9 Å². The van der Waals surface area contributed by atoms with Crippen LogP contribution in [0.4, 0.5) is 0 Å². The van der Waals surface area contributed by atoms with Crippen LogP contribution in [0, 0.1) is 11.8 Å². The fraction of sp³-hybridized carbons (Fsp3) is 0.727. The third-order valence-electron chi connectivity index (χ3n) is 4.51. The van der Waals surface area contributed by atoms with Crippen LogP contribution < -0.4 is 5.32 Å². The first kappa shape index (κ1) is 22.9. The lowest BCUT2D eigenvalue weighted by atomic mass is 9.84. The first-order valence-corrected chi connectivity index (χ1v) is 10.9. The van der Waals surface area contributed by atoms with Gasteiger partial charge in [-0.15, -0.1) is 11.3 Å². The summed E-state index contributed by atoms with van der Waals surface area (Å²) in [7, 11) is 0. The maximum Gasteiger partial charge on any atom is 0.326 e. The van der Waals surface area contributed by atoms with Gasteiger partial charge in [-0.3, -0.25) is 14.9 Å². The number of ether oxygens (including phenoxy) is 2. The molecule has 0 unspecified atom stereocenters. The third-order valence-corrected chi connectivity index (χ3v) is 5.46. The van der Waals surface area contributed by atoms with Crippen LogP contribution in [0.5, 0.6) is 0 Å². The molecule has 2 rings (SSSR count). The number of carbonyl (C=O) groups excluding carboxylic acids is 2. The average molecular weight is 410 g/mol. The van der Waals surface area contributed by atoms with E-state index in [2.05, 4.69) is 19.2 Å². The molecule has 1 aromatic rings. The summed E-state index contributed by atoms with van der Waals surface area (Å²) in [4.78, 5) is 27.3. The van der Waals surface area contributed by atoms with Gasteiger partial charge in [-0.05, 0) is 71.7 Å². The smallest absolute Gasteiger partial charge is 0.326 e. The Morgan fingerprint density at radius 3 is 2.25 bits per heavy atom. The quantitative estimate of drug-likeness (QED) is 0.703. The summed E-state index contributed by atoms with van der Waals surface area (Å²) < 4.78 is 11.5. The second-order valence-electron chi connectivity index (χ2n) is 10.2. The van der Waals surface area contributed by atoms with Crippen LogP contribution in [0.3, 0.4) is 0 Å². The van der Waals surface area contributed by atoms with E-state index in [0.29, 0.717) is 12.8 Å². The minimum absolute atomic E-state index is 0.263. The molecular formula is C22H35NO4S. The number of hydrogen-bond donors (Lipinski definition) is 1. The van der Waals surface area contributed by atoms with Crippen LogP contribution in [-0.2, 0) is 19.1 Å². The normalized spacial score (nSPS) is 25.8. The topological polar surface area (TPSA) is 64.6 Å². The van der Waals surface area contributed by atoms with E-state index in [1.54, 1.807) is 11.3 Å². The Morgan fingerprint density at radius 1 is 1.18 bits per heavy atom. The second-order valence-corrected chi connectivity index (χ2v) is 11.1. The standard InChI is InChI=1S/C22H35NO4S/c1-14(2)12-22(19(25)27-21(6,7)8)13-15(18(24)26-20(3,4)5)17(23-22)16-10-9-11-28-16/h9-11,14-15,17,23H,12-13H2,1-8H3/t15-,17+,22-/m0/s1. The van der Waals surface area contributed by atoms with Crippen molar-refractivity contribution in [3.63, 3.8) is 0 Å². The van der Waals surface area contributed by atoms with Gasteiger partial charge in [0, 0.05) is 4.88 Å². The van der Waals surface area contributed by atoms with E-state index in [1.807, 2.05) is 59.1 Å². The molecule has 2 heterocycles. The lowest BCUT2D eigenvalue weighted by Crippen LogP contribution is -2.51. The highest BCUT2D eigenvalue weighted by Crippen LogP contribution is 2.44. The van der Waals surface area contributed by atoms with Crippen molar-refractivity contribution in [2.24, 2.45) is 11.8 Å². The molecule has 1 saturated heterocycles. The molecule has 1 aliphatic rings. The first-order valence-electron chi connectivity index (χ1n) is 10.00. The summed E-state index contributed by atoms with van der Waals surface area (Å²) in [6, 6.07) is 3.70. The van der Waals surface area contributed by atoms with Gasteiger partial charge in [0.05, 0.1) is 12.0 Å². The molecule has 0 bridgehead atoms. The molecule has 0 aromatic carbocycles. The van der Waals surface area contributed by atoms with Crippen molar-refractivity contribution in [3.8, 4) is 0 Å². The van der Waals surface area contributed by atoms with Crippen LogP contribution in [0.1, 0.15) is 79.2 Å². The van der Waals surface area contributed by atoms with Crippen LogP contribution >= 0.6 is 11.3 Å². The summed E-state index contributed by atoms with van der Waals surface area (Å²) in [5, 5.41) is 5.50. The number of rotatable bonds is 5. The van der Waals surface area contributed by atoms with Gasteiger partial charge in [0.1, 0.15) is 16.7 Å². The lowest BCUT2D eigenvalue weighted by molar-refractivity contribution is -0.164. The van der Waals surface area contributed by atoms with Gasteiger partial charge < -0.3 is 9.47 Å². The Kier molecular flexibility index (Phi) is 6.66. The molecule has 5 nitrogen and oxygen atoms in total. The third kappa shape index (κ3) is 5.80. The highest BCUT2D eigenvalue weighted by Gasteiger charge is 2.55. The molecule has 1 fully saturated rings. The van der Waals surface area contributed by atoms with Crippen molar-refractivity contribution in [3.05, 3.63) is 22.4 Å². The number of thiophene rings is 1. The molecule has 1 N–H and O–H groups in total. The molecule has 1 aromatic heterocycles. The molecule has 0 amide bonds. The molecule has 158 valence electrons. The van der Waals surface area contributed by atoms with Crippen molar-refractivity contribution in [2.75, 3.05) is 0 Å². The van der Waals surface area contributed by atoms with E-state index in [0.717, 1.165) is 4.88 Å². The van der Waals surface area contributed by atoms with E-state index in [9.17, 15) is 9.59 Å². The Balaban J connectivity index is 2.41. The Bertz CT molecular complexity index is 684. The van der Waals surface area contributed by atoms with Crippen molar-refractivity contribution in [1.29, 1.82) is 0 Å². The minimum atomic E-state index is -0.905. The molecule has 0 saturated carbocycles. The van der Waals surface area contributed by atoms with E-state index in [1.165, 1.54) is 0 Å². The Hall–Kier alpha value is -1.40. The van der Waals surface area contributed by atoms with E-state index in [4.69, 9.17) is 9.47 Å². The minimum Gasteiger partial charge on any atom is -0.460 e. The summed E-state index contributed by atoms with van der Waals surface area (Å²) >= 11 is 1.58. The maximum absolute atomic E-state index is 13.3. The first-order chi connectivity index (χ1) is 12.7.